The van der Waals surface area contributed by atoms with Crippen molar-refractivity contribution in [2.24, 2.45) is 4.99 Å². The Kier molecular flexibility index (Phi) is 7.84. The summed E-state index contributed by atoms with van der Waals surface area (Å²) in [6.07, 6.45) is 1.78. The van der Waals surface area contributed by atoms with Gasteiger partial charge in [0.1, 0.15) is 5.75 Å². The van der Waals surface area contributed by atoms with Crippen molar-refractivity contribution in [3.05, 3.63) is 94.5 Å². The summed E-state index contributed by atoms with van der Waals surface area (Å²) in [5.74, 6) is 0.327. The lowest BCUT2D eigenvalue weighted by Gasteiger charge is -2.27. The molecule has 0 heterocycles. The van der Waals surface area contributed by atoms with Crippen molar-refractivity contribution in [1.29, 1.82) is 0 Å². The summed E-state index contributed by atoms with van der Waals surface area (Å²) in [5.41, 5.74) is 6.19. The zero-order chi connectivity index (χ0) is 23.2. The van der Waals surface area contributed by atoms with Crippen LogP contribution >= 0.6 is 0 Å². The van der Waals surface area contributed by atoms with Crippen LogP contribution in [0.4, 0.5) is 5.69 Å². The molecular weight excluding hydrogens is 378 g/mol. The number of nitrogens with zero attached hydrogens (tertiary/aromatic N) is 1. The highest BCUT2D eigenvalue weighted by Gasteiger charge is 2.24. The van der Waals surface area contributed by atoms with Gasteiger partial charge in [-0.25, -0.2) is 0 Å². The quantitative estimate of drug-likeness (QED) is 0.422. The first-order valence-electron chi connectivity index (χ1n) is 10.9. The van der Waals surface area contributed by atoms with Crippen molar-refractivity contribution in [3.8, 4) is 5.75 Å². The smallest absolute Gasteiger partial charge is 0.128 e. The van der Waals surface area contributed by atoms with Crippen LogP contribution in [-0.4, -0.2) is 11.3 Å². The molecular formula is C29H37NO. The summed E-state index contributed by atoms with van der Waals surface area (Å²) >= 11 is 0. The van der Waals surface area contributed by atoms with Crippen molar-refractivity contribution in [2.45, 2.75) is 66.2 Å². The second-order valence-electron chi connectivity index (χ2n) is 10.2. The Morgan fingerprint density at radius 1 is 0.742 bits per heavy atom. The normalized spacial score (nSPS) is 11.9. The minimum Gasteiger partial charge on any atom is -0.507 e. The van der Waals surface area contributed by atoms with E-state index in [-0.39, 0.29) is 10.8 Å². The lowest BCUT2D eigenvalue weighted by molar-refractivity contribution is 0.444. The van der Waals surface area contributed by atoms with E-state index in [2.05, 4.69) is 71.7 Å². The maximum Gasteiger partial charge on any atom is 0.128 e. The summed E-state index contributed by atoms with van der Waals surface area (Å²) in [5, 5.41) is 10.8. The monoisotopic (exact) mass is 415 g/mol. The van der Waals surface area contributed by atoms with Crippen LogP contribution in [0.25, 0.3) is 0 Å². The molecule has 31 heavy (non-hydrogen) atoms. The van der Waals surface area contributed by atoms with Crippen LogP contribution < -0.4 is 0 Å². The molecule has 0 amide bonds. The molecule has 0 spiro atoms. The number of para-hydroxylation sites is 1. The summed E-state index contributed by atoms with van der Waals surface area (Å²) in [6, 6.07) is 22.4. The van der Waals surface area contributed by atoms with Gasteiger partial charge in [0.15, 0.2) is 0 Å². The molecule has 164 valence electrons. The van der Waals surface area contributed by atoms with Crippen LogP contribution in [0.15, 0.2) is 71.7 Å². The third kappa shape index (κ3) is 7.10. The number of aromatic hydroxyl groups is 1. The van der Waals surface area contributed by atoms with Crippen LogP contribution in [0.1, 0.15) is 69.4 Å². The maximum absolute atomic E-state index is 10.8. The van der Waals surface area contributed by atoms with Gasteiger partial charge in [-0.15, -0.1) is 0 Å². The van der Waals surface area contributed by atoms with E-state index in [1.165, 1.54) is 11.1 Å². The summed E-state index contributed by atoms with van der Waals surface area (Å²) in [7, 11) is 0. The fourth-order valence-electron chi connectivity index (χ4n) is 3.14. The molecule has 0 radical (unpaired) electrons. The molecule has 1 N–H and O–H groups in total. The van der Waals surface area contributed by atoms with Gasteiger partial charge in [-0.05, 0) is 47.9 Å². The number of phenolic OH excluding ortho intramolecular Hbond substituents is 1. The summed E-state index contributed by atoms with van der Waals surface area (Å²) in [6.45, 7) is 17.1. The first-order valence-corrected chi connectivity index (χ1v) is 10.9. The number of hydrogen-bond acceptors (Lipinski definition) is 2. The van der Waals surface area contributed by atoms with E-state index in [0.29, 0.717) is 5.75 Å². The van der Waals surface area contributed by atoms with Gasteiger partial charge in [0.2, 0.25) is 0 Å². The highest BCUT2D eigenvalue weighted by Crippen LogP contribution is 2.37. The van der Waals surface area contributed by atoms with Gasteiger partial charge in [-0.2, -0.15) is 0 Å². The molecule has 0 atom stereocenters. The van der Waals surface area contributed by atoms with Gasteiger partial charge in [0.25, 0.3) is 0 Å². The van der Waals surface area contributed by atoms with E-state index in [1.54, 1.807) is 6.21 Å². The van der Waals surface area contributed by atoms with Crippen molar-refractivity contribution >= 4 is 11.9 Å². The Morgan fingerprint density at radius 2 is 1.32 bits per heavy atom. The molecule has 0 saturated heterocycles. The number of benzene rings is 3. The average Bonchev–Trinajstić information content (AvgIpc) is 2.67. The molecule has 0 unspecified atom stereocenters. The molecule has 3 aromatic carbocycles. The number of aryl methyl sites for hydroxylation is 2. The second kappa shape index (κ2) is 9.96. The van der Waals surface area contributed by atoms with Crippen LogP contribution in [0.5, 0.6) is 5.75 Å². The Morgan fingerprint density at radius 3 is 1.81 bits per heavy atom. The summed E-state index contributed by atoms with van der Waals surface area (Å²) < 4.78 is 0. The molecule has 3 aromatic rings. The van der Waals surface area contributed by atoms with Crippen LogP contribution in [-0.2, 0) is 10.8 Å². The van der Waals surface area contributed by atoms with E-state index in [1.807, 2.05) is 55.5 Å². The predicted molar refractivity (Wildman–Crippen MR) is 135 cm³/mol. The molecule has 0 fully saturated rings. The Balaban J connectivity index is 0.000000412. The van der Waals surface area contributed by atoms with E-state index in [0.717, 1.165) is 22.4 Å². The first kappa shape index (κ1) is 24.4. The van der Waals surface area contributed by atoms with Gasteiger partial charge in [0, 0.05) is 17.3 Å². The SMILES string of the molecule is Cc1ccccc1.Cc1ccccc1N=Cc1cc(C(C)(C)C)cc(C(C)(C)C)c1O. The van der Waals surface area contributed by atoms with E-state index >= 15 is 0 Å². The Labute approximate surface area is 188 Å². The average molecular weight is 416 g/mol. The van der Waals surface area contributed by atoms with Crippen molar-refractivity contribution < 1.29 is 5.11 Å². The minimum atomic E-state index is -0.128. The molecule has 3 rings (SSSR count). The van der Waals surface area contributed by atoms with Gasteiger partial charge in [-0.1, -0.05) is 102 Å². The topological polar surface area (TPSA) is 32.6 Å². The van der Waals surface area contributed by atoms with Crippen LogP contribution in [0.2, 0.25) is 0 Å². The molecule has 0 aliphatic heterocycles. The highest BCUT2D eigenvalue weighted by molar-refractivity contribution is 5.87. The van der Waals surface area contributed by atoms with E-state index < -0.39 is 0 Å². The Bertz CT molecular complexity index is 1020. The van der Waals surface area contributed by atoms with Gasteiger partial charge in [-0.3, -0.25) is 4.99 Å². The van der Waals surface area contributed by atoms with Crippen LogP contribution in [0.3, 0.4) is 0 Å². The first-order chi connectivity index (χ1) is 14.4. The van der Waals surface area contributed by atoms with Gasteiger partial charge < -0.3 is 5.11 Å². The molecule has 0 aromatic heterocycles. The minimum absolute atomic E-state index is 0.0129. The lowest BCUT2D eigenvalue weighted by atomic mass is 9.79. The standard InChI is InChI=1S/C22H29NO.C7H8/c1-15-10-8-9-11-19(15)23-14-16-12-17(21(2,3)4)13-18(20(16)24)22(5,6)7;1-7-5-3-2-4-6-7/h8-14,24H,1-7H3;2-6H,1H3. The molecule has 0 bridgehead atoms. The van der Waals surface area contributed by atoms with Crippen molar-refractivity contribution in [2.75, 3.05) is 0 Å². The highest BCUT2D eigenvalue weighted by atomic mass is 16.3. The zero-order valence-corrected chi connectivity index (χ0v) is 20.3. The summed E-state index contributed by atoms with van der Waals surface area (Å²) in [4.78, 5) is 4.60. The fourth-order valence-corrected chi connectivity index (χ4v) is 3.14. The number of hydrogen-bond donors (Lipinski definition) is 1. The van der Waals surface area contributed by atoms with Crippen LogP contribution in [0, 0.1) is 13.8 Å². The lowest BCUT2D eigenvalue weighted by Crippen LogP contribution is -2.17. The largest absolute Gasteiger partial charge is 0.507 e. The molecule has 2 nitrogen and oxygen atoms in total. The number of rotatable bonds is 2. The molecule has 0 aliphatic carbocycles. The van der Waals surface area contributed by atoms with Gasteiger partial charge in [0.05, 0.1) is 5.69 Å². The van der Waals surface area contributed by atoms with Crippen molar-refractivity contribution in [3.63, 3.8) is 0 Å². The molecule has 2 heteroatoms. The van der Waals surface area contributed by atoms with Gasteiger partial charge >= 0.3 is 0 Å². The number of phenols is 1. The third-order valence-corrected chi connectivity index (χ3v) is 5.21. The second-order valence-corrected chi connectivity index (χ2v) is 10.2. The predicted octanol–water partition coefficient (Wildman–Crippen LogP) is 8.04. The van der Waals surface area contributed by atoms with E-state index in [9.17, 15) is 5.11 Å². The van der Waals surface area contributed by atoms with Crippen molar-refractivity contribution in [1.82, 2.24) is 0 Å². The fraction of sp³-hybridized carbons (Fsp3) is 0.345. The maximum atomic E-state index is 10.8. The third-order valence-electron chi connectivity index (χ3n) is 5.21. The molecule has 0 aliphatic rings. The number of aliphatic imine (C=N–C) groups is 1. The molecule has 0 saturated carbocycles. The zero-order valence-electron chi connectivity index (χ0n) is 20.3. The van der Waals surface area contributed by atoms with E-state index in [4.69, 9.17) is 0 Å². The Hall–Kier alpha value is -2.87.